The molecule has 0 aliphatic heterocycles. The van der Waals surface area contributed by atoms with Gasteiger partial charge in [-0.05, 0) is 31.5 Å². The van der Waals surface area contributed by atoms with Crippen LogP contribution in [-0.4, -0.2) is 48.4 Å². The van der Waals surface area contributed by atoms with E-state index in [1.165, 1.54) is 37.9 Å². The molecule has 1 aromatic rings. The van der Waals surface area contributed by atoms with E-state index in [1.54, 1.807) is 12.1 Å². The topological polar surface area (TPSA) is 91.8 Å². The predicted octanol–water partition coefficient (Wildman–Crippen LogP) is 1.17. The average molecular weight is 313 g/mol. The van der Waals surface area contributed by atoms with Crippen molar-refractivity contribution in [1.82, 2.24) is 4.90 Å². The molecular formula is C14H19NO5S. The number of carboxylic acid groups (broad SMARTS) is 1. The number of hydrogen-bond acceptors (Lipinski definition) is 4. The lowest BCUT2D eigenvalue weighted by Gasteiger charge is -2.27. The number of carboxylic acids is 1. The number of sulfone groups is 1. The fourth-order valence-corrected chi connectivity index (χ4v) is 2.19. The van der Waals surface area contributed by atoms with Gasteiger partial charge in [-0.3, -0.25) is 4.79 Å². The highest BCUT2D eigenvalue weighted by atomic mass is 32.2. The highest BCUT2D eigenvalue weighted by Crippen LogP contribution is 2.19. The number of nitrogens with zero attached hydrogens (tertiary/aromatic N) is 1. The van der Waals surface area contributed by atoms with Gasteiger partial charge in [0.15, 0.2) is 9.84 Å². The van der Waals surface area contributed by atoms with Gasteiger partial charge >= 0.3 is 5.97 Å². The van der Waals surface area contributed by atoms with E-state index in [9.17, 15) is 18.0 Å². The monoisotopic (exact) mass is 313 g/mol. The Morgan fingerprint density at radius 3 is 2.05 bits per heavy atom. The van der Waals surface area contributed by atoms with E-state index in [0.29, 0.717) is 0 Å². The molecule has 0 unspecified atom stereocenters. The molecule has 1 N–H and O–H groups in total. The van der Waals surface area contributed by atoms with Crippen LogP contribution >= 0.6 is 0 Å². The van der Waals surface area contributed by atoms with Crippen molar-refractivity contribution in [1.29, 1.82) is 0 Å². The fourth-order valence-electron chi connectivity index (χ4n) is 1.72. The van der Waals surface area contributed by atoms with Crippen molar-refractivity contribution < 1.29 is 23.1 Å². The normalized spacial score (nSPS) is 12.0. The lowest BCUT2D eigenvalue weighted by Crippen LogP contribution is -2.47. The van der Waals surface area contributed by atoms with Gasteiger partial charge in [-0.25, -0.2) is 13.2 Å². The molecule has 0 spiro atoms. The molecule has 0 saturated heterocycles. The van der Waals surface area contributed by atoms with Crippen molar-refractivity contribution in [2.24, 2.45) is 0 Å². The summed E-state index contributed by atoms with van der Waals surface area (Å²) in [7, 11) is -2.01. The van der Waals surface area contributed by atoms with E-state index in [1.807, 2.05) is 0 Å². The van der Waals surface area contributed by atoms with E-state index in [2.05, 4.69) is 0 Å². The maximum Gasteiger partial charge on any atom is 0.335 e. The van der Waals surface area contributed by atoms with Crippen molar-refractivity contribution in [3.63, 3.8) is 0 Å². The Labute approximate surface area is 124 Å². The quantitative estimate of drug-likeness (QED) is 0.881. The van der Waals surface area contributed by atoms with Crippen molar-refractivity contribution in [2.45, 2.75) is 25.1 Å². The molecular weight excluding hydrogens is 294 g/mol. The second-order valence-corrected chi connectivity index (χ2v) is 8.01. The van der Waals surface area contributed by atoms with Crippen LogP contribution in [0.25, 0.3) is 0 Å². The molecule has 0 aliphatic carbocycles. The summed E-state index contributed by atoms with van der Waals surface area (Å²) in [6.07, 6.45) is 1.03. The van der Waals surface area contributed by atoms with Crippen LogP contribution < -0.4 is 0 Å². The first-order valence-electron chi connectivity index (χ1n) is 6.24. The standard InChI is InChI=1S/C14H19NO5S/c1-14(2,21(4,19)20)13(18)15(3)9-10-5-7-11(8-6-10)12(16)17/h5-8H,9H2,1-4H3,(H,16,17). The van der Waals surface area contributed by atoms with Crippen molar-refractivity contribution in [3.8, 4) is 0 Å². The summed E-state index contributed by atoms with van der Waals surface area (Å²) in [5, 5.41) is 8.81. The Morgan fingerprint density at radius 1 is 1.19 bits per heavy atom. The zero-order valence-corrected chi connectivity index (χ0v) is 13.3. The smallest absolute Gasteiger partial charge is 0.335 e. The Hall–Kier alpha value is -1.89. The third kappa shape index (κ3) is 3.81. The van der Waals surface area contributed by atoms with Crippen molar-refractivity contribution in [2.75, 3.05) is 13.3 Å². The van der Waals surface area contributed by atoms with Gasteiger partial charge in [-0.15, -0.1) is 0 Å². The van der Waals surface area contributed by atoms with Crippen LogP contribution in [0.15, 0.2) is 24.3 Å². The van der Waals surface area contributed by atoms with E-state index >= 15 is 0 Å². The maximum atomic E-state index is 12.2. The van der Waals surface area contributed by atoms with Crippen LogP contribution in [0.1, 0.15) is 29.8 Å². The Kier molecular flexibility index (Phi) is 4.78. The molecule has 0 bridgehead atoms. The van der Waals surface area contributed by atoms with Gasteiger partial charge in [0.25, 0.3) is 0 Å². The van der Waals surface area contributed by atoms with Gasteiger partial charge in [0, 0.05) is 19.8 Å². The third-order valence-corrected chi connectivity index (χ3v) is 5.44. The highest BCUT2D eigenvalue weighted by molar-refractivity contribution is 7.92. The highest BCUT2D eigenvalue weighted by Gasteiger charge is 2.40. The minimum Gasteiger partial charge on any atom is -0.478 e. The predicted molar refractivity (Wildman–Crippen MR) is 78.8 cm³/mol. The minimum absolute atomic E-state index is 0.157. The lowest BCUT2D eigenvalue weighted by atomic mass is 10.1. The second-order valence-electron chi connectivity index (χ2n) is 5.45. The largest absolute Gasteiger partial charge is 0.478 e. The van der Waals surface area contributed by atoms with Crippen LogP contribution in [0.2, 0.25) is 0 Å². The number of benzene rings is 1. The molecule has 1 aromatic carbocycles. The summed E-state index contributed by atoms with van der Waals surface area (Å²) in [6.45, 7) is 2.95. The van der Waals surface area contributed by atoms with Crippen LogP contribution in [-0.2, 0) is 21.2 Å². The molecule has 21 heavy (non-hydrogen) atoms. The Bertz CT molecular complexity index is 646. The average Bonchev–Trinajstić information content (AvgIpc) is 2.36. The number of hydrogen-bond donors (Lipinski definition) is 1. The summed E-state index contributed by atoms with van der Waals surface area (Å²) in [6, 6.07) is 6.08. The summed E-state index contributed by atoms with van der Waals surface area (Å²) < 4.78 is 21.8. The molecule has 0 aliphatic rings. The van der Waals surface area contributed by atoms with Gasteiger partial charge in [-0.1, -0.05) is 12.1 Å². The summed E-state index contributed by atoms with van der Waals surface area (Å²) in [5.74, 6) is -1.53. The molecule has 0 heterocycles. The number of carbonyl (C=O) groups excluding carboxylic acids is 1. The molecule has 0 aromatic heterocycles. The third-order valence-electron chi connectivity index (χ3n) is 3.41. The molecule has 0 atom stereocenters. The van der Waals surface area contributed by atoms with Crippen LogP contribution in [0, 0.1) is 0 Å². The fraction of sp³-hybridized carbons (Fsp3) is 0.429. The van der Waals surface area contributed by atoms with E-state index < -0.39 is 26.5 Å². The zero-order chi connectivity index (χ0) is 16.4. The molecule has 1 rings (SSSR count). The molecule has 7 heteroatoms. The van der Waals surface area contributed by atoms with Crippen LogP contribution in [0.4, 0.5) is 0 Å². The van der Waals surface area contributed by atoms with Gasteiger partial charge < -0.3 is 10.0 Å². The minimum atomic E-state index is -3.53. The number of rotatable bonds is 5. The summed E-state index contributed by atoms with van der Waals surface area (Å²) >= 11 is 0. The first kappa shape index (κ1) is 17.2. The van der Waals surface area contributed by atoms with Gasteiger partial charge in [0.05, 0.1) is 5.56 Å². The van der Waals surface area contributed by atoms with E-state index in [4.69, 9.17) is 5.11 Å². The first-order valence-corrected chi connectivity index (χ1v) is 8.13. The summed E-state index contributed by atoms with van der Waals surface area (Å²) in [5.41, 5.74) is 0.879. The molecule has 6 nitrogen and oxygen atoms in total. The van der Waals surface area contributed by atoms with Crippen LogP contribution in [0.3, 0.4) is 0 Å². The second kappa shape index (κ2) is 5.85. The molecule has 0 fully saturated rings. The summed E-state index contributed by atoms with van der Waals surface area (Å²) in [4.78, 5) is 24.3. The molecule has 0 saturated carbocycles. The van der Waals surface area contributed by atoms with Crippen molar-refractivity contribution in [3.05, 3.63) is 35.4 Å². The van der Waals surface area contributed by atoms with E-state index in [-0.39, 0.29) is 12.1 Å². The molecule has 116 valence electrons. The Morgan fingerprint density at radius 2 is 1.67 bits per heavy atom. The molecule has 1 amide bonds. The maximum absolute atomic E-state index is 12.2. The molecule has 0 radical (unpaired) electrons. The number of amides is 1. The van der Waals surface area contributed by atoms with Gasteiger partial charge in [-0.2, -0.15) is 0 Å². The van der Waals surface area contributed by atoms with Crippen molar-refractivity contribution >= 4 is 21.7 Å². The Balaban J connectivity index is 2.88. The van der Waals surface area contributed by atoms with Gasteiger partial charge in [0.2, 0.25) is 5.91 Å². The van der Waals surface area contributed by atoms with Crippen LogP contribution in [0.5, 0.6) is 0 Å². The lowest BCUT2D eigenvalue weighted by molar-refractivity contribution is -0.132. The zero-order valence-electron chi connectivity index (χ0n) is 12.5. The van der Waals surface area contributed by atoms with E-state index in [0.717, 1.165) is 11.8 Å². The first-order chi connectivity index (χ1) is 9.46. The number of aromatic carboxylic acids is 1. The van der Waals surface area contributed by atoms with Gasteiger partial charge in [0.1, 0.15) is 4.75 Å². The SMILES string of the molecule is CN(Cc1ccc(C(=O)O)cc1)C(=O)C(C)(C)S(C)(=O)=O. The number of carbonyl (C=O) groups is 2.